The van der Waals surface area contributed by atoms with Crippen LogP contribution >= 0.6 is 0 Å². The summed E-state index contributed by atoms with van der Waals surface area (Å²) in [6.07, 6.45) is 2.10. The molecule has 0 rings (SSSR count). The molecule has 1 unspecified atom stereocenters. The number of carbonyl (C=O) groups excluding carboxylic acids is 1. The molecule has 0 spiro atoms. The predicted molar refractivity (Wildman–Crippen MR) is 68.3 cm³/mol. The van der Waals surface area contributed by atoms with Gasteiger partial charge in [-0.05, 0) is 31.5 Å². The van der Waals surface area contributed by atoms with Gasteiger partial charge in [-0.25, -0.2) is 4.79 Å². The van der Waals surface area contributed by atoms with Crippen molar-refractivity contribution in [3.8, 4) is 0 Å². The van der Waals surface area contributed by atoms with E-state index in [0.717, 1.165) is 23.0 Å². The van der Waals surface area contributed by atoms with Crippen LogP contribution in [0.5, 0.6) is 0 Å². The summed E-state index contributed by atoms with van der Waals surface area (Å²) in [5.74, 6) is 0.219. The van der Waals surface area contributed by atoms with Crippen molar-refractivity contribution < 1.29 is 13.6 Å². The number of ether oxygens (including phenoxy) is 1. The molecular weight excluding hydrogens is 224 g/mol. The Balaban J connectivity index is 3.70. The Bertz CT molecular complexity index is 217. The van der Waals surface area contributed by atoms with Gasteiger partial charge in [-0.1, -0.05) is 13.5 Å². The van der Waals surface area contributed by atoms with Gasteiger partial charge >= 0.3 is 5.97 Å². The van der Waals surface area contributed by atoms with E-state index in [4.69, 9.17) is 8.85 Å². The lowest BCUT2D eigenvalue weighted by Crippen LogP contribution is -2.31. The van der Waals surface area contributed by atoms with Gasteiger partial charge in [0.2, 0.25) is 0 Å². The largest absolute Gasteiger partial charge is 0.463 e. The molecule has 0 heterocycles. The van der Waals surface area contributed by atoms with Gasteiger partial charge in [0.15, 0.2) is 8.32 Å². The van der Waals surface area contributed by atoms with Crippen molar-refractivity contribution in [1.29, 1.82) is 0 Å². The third-order valence-electron chi connectivity index (χ3n) is 2.41. The summed E-state index contributed by atoms with van der Waals surface area (Å²) in [6, 6.07) is 1.13. The summed E-state index contributed by atoms with van der Waals surface area (Å²) in [7, 11) is -0.606. The molecule has 3 nitrogen and oxygen atoms in total. The van der Waals surface area contributed by atoms with Crippen LogP contribution in [0.4, 0.5) is 0 Å². The Kier molecular flexibility index (Phi) is 6.79. The minimum Gasteiger partial charge on any atom is -0.463 e. The Morgan fingerprint density at radius 1 is 1.60 bits per heavy atom. The monoisotopic (exact) mass is 246 g/mol. The van der Waals surface area contributed by atoms with Crippen LogP contribution in [0.15, 0.2) is 12.7 Å². The predicted octanol–water partition coefficient (Wildman–Crippen LogP) is 1.24. The van der Waals surface area contributed by atoms with E-state index in [2.05, 4.69) is 26.6 Å². The molecule has 15 heavy (non-hydrogen) atoms. The molecule has 0 N–H and O–H groups in total. The second kappa shape index (κ2) is 6.97. The van der Waals surface area contributed by atoms with E-state index in [0.29, 0.717) is 12.5 Å². The standard InChI is InChI=1S/C10H22O3Si2/c1-5-10(11)12-7-6-9(2)8-15(3,4)13-14/h5,9H,1,6-8H2,2-4,14H3. The summed E-state index contributed by atoms with van der Waals surface area (Å²) in [5.41, 5.74) is 0. The van der Waals surface area contributed by atoms with Gasteiger partial charge in [-0.2, -0.15) is 0 Å². The maximum atomic E-state index is 10.8. The number of rotatable bonds is 7. The Morgan fingerprint density at radius 2 is 2.20 bits per heavy atom. The van der Waals surface area contributed by atoms with Crippen molar-refractivity contribution in [2.24, 2.45) is 5.92 Å². The molecule has 0 aromatic heterocycles. The Morgan fingerprint density at radius 3 is 2.67 bits per heavy atom. The molecular formula is C10H22O3Si2. The van der Waals surface area contributed by atoms with Crippen LogP contribution in [-0.2, 0) is 13.6 Å². The van der Waals surface area contributed by atoms with Crippen molar-refractivity contribution in [3.63, 3.8) is 0 Å². The fraction of sp³-hybridized carbons (Fsp3) is 0.700. The molecule has 0 aromatic rings. The quantitative estimate of drug-likeness (QED) is 0.385. The van der Waals surface area contributed by atoms with Gasteiger partial charge in [0.05, 0.1) is 6.61 Å². The first kappa shape index (κ1) is 14.6. The van der Waals surface area contributed by atoms with E-state index in [1.165, 1.54) is 6.08 Å². The zero-order valence-electron chi connectivity index (χ0n) is 10.2. The van der Waals surface area contributed by atoms with Gasteiger partial charge in [0, 0.05) is 6.08 Å². The van der Waals surface area contributed by atoms with Crippen LogP contribution in [-0.4, -0.2) is 31.4 Å². The molecule has 0 saturated carbocycles. The maximum absolute atomic E-state index is 10.8. The molecule has 88 valence electrons. The zero-order chi connectivity index (χ0) is 11.9. The number of hydrogen-bond donors (Lipinski definition) is 0. The molecule has 0 bridgehead atoms. The van der Waals surface area contributed by atoms with E-state index in [1.54, 1.807) is 0 Å². The lowest BCUT2D eigenvalue weighted by atomic mass is 10.1. The van der Waals surface area contributed by atoms with Crippen LogP contribution in [0.25, 0.3) is 0 Å². The fourth-order valence-corrected chi connectivity index (χ4v) is 3.99. The fourth-order valence-electron chi connectivity index (χ4n) is 1.44. The number of hydrogen-bond acceptors (Lipinski definition) is 3. The van der Waals surface area contributed by atoms with E-state index in [-0.39, 0.29) is 5.97 Å². The summed E-state index contributed by atoms with van der Waals surface area (Å²) in [5, 5.41) is 0. The highest BCUT2D eigenvalue weighted by molar-refractivity contribution is 6.73. The van der Waals surface area contributed by atoms with E-state index in [9.17, 15) is 4.79 Å². The Labute approximate surface area is 96.5 Å². The van der Waals surface area contributed by atoms with Gasteiger partial charge in [0.1, 0.15) is 10.5 Å². The van der Waals surface area contributed by atoms with Crippen molar-refractivity contribution in [2.45, 2.75) is 32.5 Å². The lowest BCUT2D eigenvalue weighted by molar-refractivity contribution is -0.138. The van der Waals surface area contributed by atoms with Crippen molar-refractivity contribution in [2.75, 3.05) is 6.61 Å². The van der Waals surface area contributed by atoms with Crippen LogP contribution in [0.2, 0.25) is 19.1 Å². The van der Waals surface area contributed by atoms with Gasteiger partial charge in [-0.3, -0.25) is 0 Å². The molecule has 5 heteroatoms. The van der Waals surface area contributed by atoms with Crippen molar-refractivity contribution in [3.05, 3.63) is 12.7 Å². The van der Waals surface area contributed by atoms with Gasteiger partial charge < -0.3 is 8.85 Å². The average Bonchev–Trinajstić information content (AvgIpc) is 2.16. The summed E-state index contributed by atoms with van der Waals surface area (Å²) >= 11 is 0. The normalized spacial score (nSPS) is 13.5. The highest BCUT2D eigenvalue weighted by atomic mass is 28.4. The van der Waals surface area contributed by atoms with Gasteiger partial charge in [-0.15, -0.1) is 0 Å². The van der Waals surface area contributed by atoms with Crippen LogP contribution in [0.3, 0.4) is 0 Å². The topological polar surface area (TPSA) is 35.5 Å². The molecule has 0 amide bonds. The SMILES string of the molecule is C=CC(=O)OCCC(C)C[Si](C)(C)O[SiH3]. The van der Waals surface area contributed by atoms with E-state index in [1.807, 2.05) is 0 Å². The zero-order valence-corrected chi connectivity index (χ0v) is 13.2. The van der Waals surface area contributed by atoms with Crippen molar-refractivity contribution in [1.82, 2.24) is 0 Å². The number of esters is 1. The van der Waals surface area contributed by atoms with Crippen LogP contribution in [0, 0.1) is 5.92 Å². The smallest absolute Gasteiger partial charge is 0.330 e. The first-order valence-corrected chi connectivity index (χ1v) is 9.19. The van der Waals surface area contributed by atoms with Gasteiger partial charge in [0.25, 0.3) is 0 Å². The summed E-state index contributed by atoms with van der Waals surface area (Å²) in [4.78, 5) is 10.8. The second-order valence-corrected chi connectivity index (χ2v) is 9.99. The van der Waals surface area contributed by atoms with Crippen LogP contribution < -0.4 is 0 Å². The Hall–Kier alpha value is -0.396. The molecule has 0 aliphatic carbocycles. The highest BCUT2D eigenvalue weighted by Crippen LogP contribution is 2.19. The maximum Gasteiger partial charge on any atom is 0.330 e. The minimum absolute atomic E-state index is 0.335. The first-order chi connectivity index (χ1) is 6.91. The van der Waals surface area contributed by atoms with E-state index < -0.39 is 8.32 Å². The molecule has 0 aromatic carbocycles. The number of carbonyl (C=O) groups is 1. The molecule has 1 atom stereocenters. The summed E-state index contributed by atoms with van der Waals surface area (Å²) < 4.78 is 10.5. The summed E-state index contributed by atoms with van der Waals surface area (Å²) in [6.45, 7) is 10.5. The third kappa shape index (κ3) is 7.52. The molecule has 0 aliphatic rings. The molecule has 0 saturated heterocycles. The minimum atomic E-state index is -1.42. The lowest BCUT2D eigenvalue weighted by Gasteiger charge is -2.24. The molecule has 0 fully saturated rings. The third-order valence-corrected chi connectivity index (χ3v) is 8.52. The molecule has 0 aliphatic heterocycles. The van der Waals surface area contributed by atoms with Crippen molar-refractivity contribution >= 4 is 24.8 Å². The van der Waals surface area contributed by atoms with E-state index >= 15 is 0 Å². The van der Waals surface area contributed by atoms with Crippen LogP contribution in [0.1, 0.15) is 13.3 Å². The first-order valence-electron chi connectivity index (χ1n) is 5.25. The average molecular weight is 246 g/mol. The highest BCUT2D eigenvalue weighted by Gasteiger charge is 2.22. The molecule has 0 radical (unpaired) electrons. The second-order valence-electron chi connectivity index (χ2n) is 4.43.